The number of piperidine rings is 1. The molecule has 202 valence electrons. The summed E-state index contributed by atoms with van der Waals surface area (Å²) in [6.45, 7) is 2.19. The Labute approximate surface area is 248 Å². The number of nitrogens with one attached hydrogen (secondary N) is 2. The highest BCUT2D eigenvalue weighted by Gasteiger charge is 2.17. The Morgan fingerprint density at radius 2 is 1.79 bits per heavy atom. The van der Waals surface area contributed by atoms with Crippen molar-refractivity contribution in [3.8, 4) is 22.8 Å². The number of halogens is 2. The Hall–Kier alpha value is -2.88. The molecule has 0 amide bonds. The Balaban J connectivity index is 0.00000176. The van der Waals surface area contributed by atoms with Gasteiger partial charge in [0.05, 0.1) is 16.1 Å². The van der Waals surface area contributed by atoms with Gasteiger partial charge in [0.2, 0.25) is 0 Å². The monoisotopic (exact) mass is 597 g/mol. The van der Waals surface area contributed by atoms with E-state index < -0.39 is 0 Å². The van der Waals surface area contributed by atoms with Crippen LogP contribution in [-0.4, -0.2) is 33.8 Å². The summed E-state index contributed by atoms with van der Waals surface area (Å²) >= 11 is 3.38. The predicted molar refractivity (Wildman–Crippen MR) is 168 cm³/mol. The third-order valence-corrected chi connectivity index (χ3v) is 8.41. The minimum absolute atomic E-state index is 0. The van der Waals surface area contributed by atoms with Gasteiger partial charge in [0.25, 0.3) is 0 Å². The first-order chi connectivity index (χ1) is 18.3. The predicted octanol–water partition coefficient (Wildman–Crippen LogP) is 8.22. The minimum Gasteiger partial charge on any atom is -0.455 e. The van der Waals surface area contributed by atoms with E-state index in [9.17, 15) is 0 Å². The lowest BCUT2D eigenvalue weighted by atomic mass is 10.0. The Morgan fingerprint density at radius 1 is 0.949 bits per heavy atom. The van der Waals surface area contributed by atoms with Crippen molar-refractivity contribution in [2.24, 2.45) is 5.92 Å². The van der Waals surface area contributed by atoms with Crippen LogP contribution in [0.5, 0.6) is 11.5 Å². The van der Waals surface area contributed by atoms with Crippen LogP contribution in [0, 0.1) is 5.92 Å². The van der Waals surface area contributed by atoms with Gasteiger partial charge in [-0.25, -0.2) is 9.97 Å². The molecule has 0 unspecified atom stereocenters. The summed E-state index contributed by atoms with van der Waals surface area (Å²) in [5.74, 6) is 4.02. The quantitative estimate of drug-likeness (QED) is 0.174. The largest absolute Gasteiger partial charge is 0.455 e. The minimum atomic E-state index is 0. The van der Waals surface area contributed by atoms with Crippen molar-refractivity contribution in [3.63, 3.8) is 0 Å². The second-order valence-corrected chi connectivity index (χ2v) is 10.9. The molecule has 39 heavy (non-hydrogen) atoms. The number of anilines is 2. The first kappa shape index (κ1) is 29.1. The first-order valence-corrected chi connectivity index (χ1v) is 14.3. The number of nitrogens with zero attached hydrogens (tertiary/aromatic N) is 3. The molecular formula is C29H29Cl2N5OS2. The third kappa shape index (κ3) is 7.21. The van der Waals surface area contributed by atoms with Crippen LogP contribution in [0.1, 0.15) is 12.8 Å². The third-order valence-electron chi connectivity index (χ3n) is 6.40. The number of thiazole rings is 1. The fourth-order valence-electron chi connectivity index (χ4n) is 4.40. The van der Waals surface area contributed by atoms with Crippen LogP contribution in [0.15, 0.2) is 89.4 Å². The van der Waals surface area contributed by atoms with Gasteiger partial charge in [-0.1, -0.05) is 36.4 Å². The Kier molecular flexibility index (Phi) is 10.4. The molecule has 0 radical (unpaired) electrons. The van der Waals surface area contributed by atoms with Crippen LogP contribution in [0.25, 0.3) is 22.2 Å². The lowest BCUT2D eigenvalue weighted by Gasteiger charge is -2.22. The molecule has 0 bridgehead atoms. The highest BCUT2D eigenvalue weighted by atomic mass is 35.5. The van der Waals surface area contributed by atoms with Gasteiger partial charge >= 0.3 is 0 Å². The van der Waals surface area contributed by atoms with E-state index in [0.29, 0.717) is 11.7 Å². The molecule has 4 heterocycles. The van der Waals surface area contributed by atoms with Gasteiger partial charge in [-0.15, -0.1) is 47.9 Å². The number of aromatic nitrogens is 3. The zero-order valence-corrected chi connectivity index (χ0v) is 24.3. The van der Waals surface area contributed by atoms with Gasteiger partial charge in [0.15, 0.2) is 5.13 Å². The zero-order chi connectivity index (χ0) is 24.9. The van der Waals surface area contributed by atoms with E-state index in [0.717, 1.165) is 62.5 Å². The number of thioether (sulfide) groups is 1. The van der Waals surface area contributed by atoms with Crippen LogP contribution >= 0.6 is 47.9 Å². The summed E-state index contributed by atoms with van der Waals surface area (Å²) in [6.07, 6.45) is 6.13. The van der Waals surface area contributed by atoms with Gasteiger partial charge in [-0.2, -0.15) is 0 Å². The SMILES string of the molecule is Cl.Cl.c1ccc(-c2csc(Nc3cc(Oc4cccc5ncccc45)c(SCC4CCNCC4)cn3)n2)cc1. The maximum Gasteiger partial charge on any atom is 0.188 e. The standard InChI is InChI=1S/C29H27N5OS2.2ClH/c1-2-6-21(7-3-1)24-19-37-29(33-24)34-28-16-26(27(17-32-28)36-18-20-11-14-30-15-12-20)35-25-10-4-9-23-22(25)8-5-13-31-23;;/h1-10,13,16-17,19-20,30H,11-12,14-15,18H2,(H,32,33,34);2*1H. The van der Waals surface area contributed by atoms with Crippen molar-refractivity contribution in [2.45, 2.75) is 17.7 Å². The molecule has 0 aliphatic carbocycles. The highest BCUT2D eigenvalue weighted by Crippen LogP contribution is 2.38. The topological polar surface area (TPSA) is 72.0 Å². The number of pyridine rings is 2. The van der Waals surface area contributed by atoms with E-state index in [1.54, 1.807) is 17.5 Å². The summed E-state index contributed by atoms with van der Waals surface area (Å²) in [7, 11) is 0. The summed E-state index contributed by atoms with van der Waals surface area (Å²) in [5, 5.41) is 10.7. The van der Waals surface area contributed by atoms with E-state index in [1.807, 2.05) is 72.6 Å². The average molecular weight is 599 g/mol. The number of ether oxygens (including phenoxy) is 1. The summed E-state index contributed by atoms with van der Waals surface area (Å²) in [5.41, 5.74) is 2.95. The van der Waals surface area contributed by atoms with Gasteiger partial charge < -0.3 is 15.4 Å². The number of hydrogen-bond acceptors (Lipinski definition) is 8. The second kappa shape index (κ2) is 14.0. The smallest absolute Gasteiger partial charge is 0.188 e. The van der Waals surface area contributed by atoms with Gasteiger partial charge in [0, 0.05) is 40.5 Å². The fourth-order valence-corrected chi connectivity index (χ4v) is 6.25. The molecule has 5 aromatic rings. The van der Waals surface area contributed by atoms with Crippen LogP contribution in [0.2, 0.25) is 0 Å². The molecule has 1 saturated heterocycles. The van der Waals surface area contributed by atoms with E-state index >= 15 is 0 Å². The van der Waals surface area contributed by atoms with Crippen molar-refractivity contribution in [3.05, 3.63) is 84.5 Å². The van der Waals surface area contributed by atoms with E-state index in [1.165, 1.54) is 12.8 Å². The summed E-state index contributed by atoms with van der Waals surface area (Å²) in [6, 6.07) is 22.1. The summed E-state index contributed by atoms with van der Waals surface area (Å²) in [4.78, 5) is 15.0. The Bertz CT molecular complexity index is 1490. The summed E-state index contributed by atoms with van der Waals surface area (Å²) < 4.78 is 6.55. The van der Waals surface area contributed by atoms with Crippen LogP contribution in [0.4, 0.5) is 10.9 Å². The molecule has 2 aromatic carbocycles. The normalized spacial score (nSPS) is 13.3. The molecule has 1 aliphatic heterocycles. The molecule has 0 saturated carbocycles. The first-order valence-electron chi connectivity index (χ1n) is 12.4. The van der Waals surface area contributed by atoms with Crippen LogP contribution < -0.4 is 15.4 Å². The molecule has 1 aliphatic rings. The van der Waals surface area contributed by atoms with Gasteiger partial charge in [-0.3, -0.25) is 4.98 Å². The lowest BCUT2D eigenvalue weighted by molar-refractivity contribution is 0.407. The molecule has 6 rings (SSSR count). The van der Waals surface area contributed by atoms with Crippen LogP contribution in [0.3, 0.4) is 0 Å². The highest BCUT2D eigenvalue weighted by molar-refractivity contribution is 7.99. The fraction of sp³-hybridized carbons (Fsp3) is 0.207. The van der Waals surface area contributed by atoms with E-state index in [2.05, 4.69) is 33.1 Å². The van der Waals surface area contributed by atoms with Gasteiger partial charge in [-0.05, 0) is 56.1 Å². The molecule has 3 aromatic heterocycles. The molecule has 1 fully saturated rings. The van der Waals surface area contributed by atoms with Crippen molar-refractivity contribution >= 4 is 69.8 Å². The second-order valence-electron chi connectivity index (χ2n) is 8.98. The molecule has 0 atom stereocenters. The van der Waals surface area contributed by atoms with E-state index in [-0.39, 0.29) is 24.8 Å². The maximum absolute atomic E-state index is 6.55. The van der Waals surface area contributed by atoms with Crippen LogP contribution in [-0.2, 0) is 0 Å². The van der Waals surface area contributed by atoms with Crippen molar-refractivity contribution in [1.29, 1.82) is 0 Å². The number of fused-ring (bicyclic) bond motifs is 1. The van der Waals surface area contributed by atoms with Crippen molar-refractivity contribution < 1.29 is 4.74 Å². The number of benzene rings is 2. The molecule has 0 spiro atoms. The van der Waals surface area contributed by atoms with E-state index in [4.69, 9.17) is 14.7 Å². The molecule has 6 nitrogen and oxygen atoms in total. The van der Waals surface area contributed by atoms with Crippen molar-refractivity contribution in [1.82, 2.24) is 20.3 Å². The maximum atomic E-state index is 6.55. The number of rotatable bonds is 8. The Morgan fingerprint density at radius 3 is 2.64 bits per heavy atom. The molecular weight excluding hydrogens is 569 g/mol. The lowest BCUT2D eigenvalue weighted by Crippen LogP contribution is -2.28. The average Bonchev–Trinajstić information content (AvgIpc) is 3.42. The van der Waals surface area contributed by atoms with Gasteiger partial charge in [0.1, 0.15) is 17.3 Å². The van der Waals surface area contributed by atoms with Crippen molar-refractivity contribution in [2.75, 3.05) is 24.2 Å². The zero-order valence-electron chi connectivity index (χ0n) is 21.1. The molecule has 2 N–H and O–H groups in total. The molecule has 10 heteroatoms. The number of hydrogen-bond donors (Lipinski definition) is 2.